The molecule has 1 amide bonds. The second-order valence-electron chi connectivity index (χ2n) is 4.25. The smallest absolute Gasteiger partial charge is 0.256 e. The lowest BCUT2D eigenvalue weighted by Gasteiger charge is -2.03. The van der Waals surface area contributed by atoms with Crippen molar-refractivity contribution in [3.8, 4) is 0 Å². The number of amides is 1. The molecule has 0 radical (unpaired) electrons. The molecule has 0 unspecified atom stereocenters. The van der Waals surface area contributed by atoms with E-state index in [1.807, 2.05) is 6.07 Å². The topological polar surface area (TPSA) is 55.1 Å². The number of hydrogen-bond acceptors (Lipinski definition) is 3. The Balaban J connectivity index is 1.91. The van der Waals surface area contributed by atoms with Gasteiger partial charge in [-0.3, -0.25) is 4.79 Å². The van der Waals surface area contributed by atoms with Crippen LogP contribution in [0.4, 0.5) is 5.82 Å². The first-order valence-corrected chi connectivity index (χ1v) is 7.41. The van der Waals surface area contributed by atoms with E-state index in [-0.39, 0.29) is 5.91 Å². The average Bonchev–Trinajstić information content (AvgIpc) is 2.84. The standard InChI is InChI=1S/C14H7BrCl2N2O2/c15-8-2-3-9-12(6-8)21-19-13(9)18-14(20)7-1-4-10(16)11(17)5-7/h1-6H,(H,18,19,20). The summed E-state index contributed by atoms with van der Waals surface area (Å²) in [5, 5.41) is 7.97. The van der Waals surface area contributed by atoms with Crippen LogP contribution in [0.2, 0.25) is 10.0 Å². The van der Waals surface area contributed by atoms with Gasteiger partial charge in [0.25, 0.3) is 5.91 Å². The molecule has 0 saturated heterocycles. The van der Waals surface area contributed by atoms with Crippen molar-refractivity contribution < 1.29 is 9.32 Å². The van der Waals surface area contributed by atoms with Crippen molar-refractivity contribution in [1.29, 1.82) is 0 Å². The number of carbonyl (C=O) groups excluding carboxylic acids is 1. The average molecular weight is 386 g/mol. The summed E-state index contributed by atoms with van der Waals surface area (Å²) in [7, 11) is 0. The maximum Gasteiger partial charge on any atom is 0.256 e. The molecule has 0 aliphatic carbocycles. The highest BCUT2D eigenvalue weighted by molar-refractivity contribution is 9.10. The molecule has 0 saturated carbocycles. The van der Waals surface area contributed by atoms with Crippen LogP contribution in [0.3, 0.4) is 0 Å². The lowest BCUT2D eigenvalue weighted by Crippen LogP contribution is -2.12. The summed E-state index contributed by atoms with van der Waals surface area (Å²) in [6.45, 7) is 0. The summed E-state index contributed by atoms with van der Waals surface area (Å²) in [4.78, 5) is 12.2. The zero-order chi connectivity index (χ0) is 15.0. The Morgan fingerprint density at radius 1 is 1.14 bits per heavy atom. The molecule has 21 heavy (non-hydrogen) atoms. The van der Waals surface area contributed by atoms with Crippen molar-refractivity contribution in [3.63, 3.8) is 0 Å². The maximum atomic E-state index is 12.2. The summed E-state index contributed by atoms with van der Waals surface area (Å²) < 4.78 is 6.04. The Morgan fingerprint density at radius 3 is 2.71 bits per heavy atom. The zero-order valence-corrected chi connectivity index (χ0v) is 13.5. The van der Waals surface area contributed by atoms with Gasteiger partial charge in [0.15, 0.2) is 11.4 Å². The molecule has 3 aromatic rings. The molecule has 0 aliphatic heterocycles. The fourth-order valence-corrected chi connectivity index (χ4v) is 2.46. The van der Waals surface area contributed by atoms with Gasteiger partial charge < -0.3 is 9.84 Å². The van der Waals surface area contributed by atoms with Crippen LogP contribution in [-0.2, 0) is 0 Å². The predicted octanol–water partition coefficient (Wildman–Crippen LogP) is 5.15. The minimum atomic E-state index is -0.341. The molecule has 0 fully saturated rings. The van der Waals surface area contributed by atoms with E-state index in [0.29, 0.717) is 32.4 Å². The van der Waals surface area contributed by atoms with Gasteiger partial charge >= 0.3 is 0 Å². The fourth-order valence-electron chi connectivity index (χ4n) is 1.82. The Labute approximate surface area is 138 Å². The van der Waals surface area contributed by atoms with Gasteiger partial charge in [-0.05, 0) is 36.4 Å². The lowest BCUT2D eigenvalue weighted by atomic mass is 10.2. The first-order valence-electron chi connectivity index (χ1n) is 5.86. The van der Waals surface area contributed by atoms with Gasteiger partial charge in [-0.2, -0.15) is 0 Å². The van der Waals surface area contributed by atoms with Crippen LogP contribution in [0.15, 0.2) is 45.4 Å². The number of anilines is 1. The number of nitrogens with zero attached hydrogens (tertiary/aromatic N) is 1. The highest BCUT2D eigenvalue weighted by Gasteiger charge is 2.14. The first kappa shape index (κ1) is 14.4. The van der Waals surface area contributed by atoms with E-state index in [1.54, 1.807) is 24.3 Å². The van der Waals surface area contributed by atoms with Crippen molar-refractivity contribution in [3.05, 3.63) is 56.5 Å². The summed E-state index contributed by atoms with van der Waals surface area (Å²) >= 11 is 15.1. The molecule has 1 N–H and O–H groups in total. The molecule has 3 rings (SSSR count). The van der Waals surface area contributed by atoms with Crippen LogP contribution in [0.25, 0.3) is 11.0 Å². The number of hydrogen-bond donors (Lipinski definition) is 1. The molecule has 106 valence electrons. The normalized spacial score (nSPS) is 10.8. The van der Waals surface area contributed by atoms with Gasteiger partial charge in [0.1, 0.15) is 0 Å². The molecule has 1 aromatic heterocycles. The van der Waals surface area contributed by atoms with E-state index < -0.39 is 0 Å². The molecule has 0 atom stereocenters. The minimum Gasteiger partial charge on any atom is -0.354 e. The second-order valence-corrected chi connectivity index (χ2v) is 5.98. The van der Waals surface area contributed by atoms with Gasteiger partial charge in [-0.1, -0.05) is 44.3 Å². The lowest BCUT2D eigenvalue weighted by molar-refractivity contribution is 0.102. The molecule has 0 aliphatic rings. The van der Waals surface area contributed by atoms with E-state index in [1.165, 1.54) is 6.07 Å². The number of rotatable bonds is 2. The van der Waals surface area contributed by atoms with Crippen LogP contribution >= 0.6 is 39.1 Å². The van der Waals surface area contributed by atoms with Crippen molar-refractivity contribution >= 4 is 61.8 Å². The highest BCUT2D eigenvalue weighted by atomic mass is 79.9. The third kappa shape index (κ3) is 2.90. The van der Waals surface area contributed by atoms with E-state index >= 15 is 0 Å². The highest BCUT2D eigenvalue weighted by Crippen LogP contribution is 2.27. The molecule has 4 nitrogen and oxygen atoms in total. The Hall–Kier alpha value is -1.56. The van der Waals surface area contributed by atoms with E-state index in [0.717, 1.165) is 4.47 Å². The predicted molar refractivity (Wildman–Crippen MR) is 86.1 cm³/mol. The number of halogens is 3. The summed E-state index contributed by atoms with van der Waals surface area (Å²) in [6, 6.07) is 10.1. The van der Waals surface area contributed by atoms with Crippen LogP contribution in [0.5, 0.6) is 0 Å². The van der Waals surface area contributed by atoms with Crippen molar-refractivity contribution in [2.75, 3.05) is 5.32 Å². The maximum absolute atomic E-state index is 12.2. The molecule has 2 aromatic carbocycles. The summed E-state index contributed by atoms with van der Waals surface area (Å²) in [6.07, 6.45) is 0. The van der Waals surface area contributed by atoms with Crippen LogP contribution in [0.1, 0.15) is 10.4 Å². The van der Waals surface area contributed by atoms with E-state index in [2.05, 4.69) is 26.4 Å². The Kier molecular flexibility index (Phi) is 3.89. The third-order valence-corrected chi connectivity index (χ3v) is 4.08. The number of nitrogens with one attached hydrogen (secondary N) is 1. The number of fused-ring (bicyclic) bond motifs is 1. The first-order chi connectivity index (χ1) is 10.0. The van der Waals surface area contributed by atoms with Gasteiger partial charge in [0.05, 0.1) is 15.4 Å². The molecule has 0 spiro atoms. The zero-order valence-electron chi connectivity index (χ0n) is 10.4. The number of aromatic nitrogens is 1. The molecule has 0 bridgehead atoms. The number of carbonyl (C=O) groups is 1. The van der Waals surface area contributed by atoms with Crippen molar-refractivity contribution in [1.82, 2.24) is 5.16 Å². The van der Waals surface area contributed by atoms with Crippen molar-refractivity contribution in [2.24, 2.45) is 0 Å². The van der Waals surface area contributed by atoms with Gasteiger partial charge in [0.2, 0.25) is 0 Å². The Morgan fingerprint density at radius 2 is 1.95 bits per heavy atom. The van der Waals surface area contributed by atoms with E-state index in [9.17, 15) is 4.79 Å². The van der Waals surface area contributed by atoms with Crippen LogP contribution in [0, 0.1) is 0 Å². The largest absolute Gasteiger partial charge is 0.354 e. The van der Waals surface area contributed by atoms with Crippen molar-refractivity contribution in [2.45, 2.75) is 0 Å². The van der Waals surface area contributed by atoms with Gasteiger partial charge in [-0.25, -0.2) is 0 Å². The Bertz CT molecular complexity index is 848. The van der Waals surface area contributed by atoms with Crippen LogP contribution in [-0.4, -0.2) is 11.1 Å². The number of benzene rings is 2. The molecular formula is C14H7BrCl2N2O2. The van der Waals surface area contributed by atoms with Gasteiger partial charge in [-0.15, -0.1) is 0 Å². The van der Waals surface area contributed by atoms with E-state index in [4.69, 9.17) is 27.7 Å². The molecule has 1 heterocycles. The molecular weight excluding hydrogens is 379 g/mol. The monoisotopic (exact) mass is 384 g/mol. The van der Waals surface area contributed by atoms with Gasteiger partial charge in [0, 0.05) is 10.0 Å². The summed E-state index contributed by atoms with van der Waals surface area (Å²) in [5.41, 5.74) is 0.964. The third-order valence-electron chi connectivity index (χ3n) is 2.85. The fraction of sp³-hybridized carbons (Fsp3) is 0. The second kappa shape index (κ2) is 5.67. The minimum absolute atomic E-state index is 0.318. The molecule has 7 heteroatoms. The quantitative estimate of drug-likeness (QED) is 0.663. The SMILES string of the molecule is O=C(Nc1noc2cc(Br)ccc12)c1ccc(Cl)c(Cl)c1. The van der Waals surface area contributed by atoms with Crippen LogP contribution < -0.4 is 5.32 Å². The summed E-state index contributed by atoms with van der Waals surface area (Å²) in [5.74, 6) is 0.0141.